The molecule has 0 radical (unpaired) electrons. The molecule has 0 aliphatic carbocycles. The number of hydrogen-bond acceptors (Lipinski definition) is 2. The smallest absolute Gasteiger partial charge is 0.315 e. The fourth-order valence-corrected chi connectivity index (χ4v) is 1.92. The number of halogens is 1. The van der Waals surface area contributed by atoms with Gasteiger partial charge in [-0.2, -0.15) is 0 Å². The Morgan fingerprint density at radius 3 is 2.82 bits per heavy atom. The average Bonchev–Trinajstić information content (AvgIpc) is 2.81. The second-order valence-corrected chi connectivity index (χ2v) is 4.58. The standard InChI is InChI=1S/C12H16ClN3O/c13-10-3-1-9(2-4-10)7-15-12(17)16-11-5-6-14-8-11/h1-4,11,14H,5-8H2,(H2,15,16,17). The first-order valence-electron chi connectivity index (χ1n) is 5.73. The molecule has 1 aromatic rings. The van der Waals surface area contributed by atoms with Crippen molar-refractivity contribution in [3.8, 4) is 0 Å². The Hall–Kier alpha value is -1.26. The number of amides is 2. The van der Waals surface area contributed by atoms with Crippen LogP contribution < -0.4 is 16.0 Å². The van der Waals surface area contributed by atoms with Crippen molar-refractivity contribution >= 4 is 17.6 Å². The van der Waals surface area contributed by atoms with Crippen molar-refractivity contribution in [2.45, 2.75) is 19.0 Å². The zero-order valence-electron chi connectivity index (χ0n) is 9.50. The lowest BCUT2D eigenvalue weighted by Gasteiger charge is -2.12. The normalized spacial score (nSPS) is 19.0. The Morgan fingerprint density at radius 1 is 1.41 bits per heavy atom. The van der Waals surface area contributed by atoms with E-state index in [1.807, 2.05) is 24.3 Å². The van der Waals surface area contributed by atoms with E-state index >= 15 is 0 Å². The molecule has 0 saturated carbocycles. The number of carbonyl (C=O) groups excluding carboxylic acids is 1. The molecule has 5 heteroatoms. The van der Waals surface area contributed by atoms with Crippen molar-refractivity contribution < 1.29 is 4.79 Å². The number of urea groups is 1. The fourth-order valence-electron chi connectivity index (χ4n) is 1.80. The van der Waals surface area contributed by atoms with Gasteiger partial charge in [-0.05, 0) is 30.7 Å². The minimum absolute atomic E-state index is 0.117. The lowest BCUT2D eigenvalue weighted by molar-refractivity contribution is 0.237. The van der Waals surface area contributed by atoms with E-state index in [4.69, 9.17) is 11.6 Å². The quantitative estimate of drug-likeness (QED) is 0.765. The van der Waals surface area contributed by atoms with Gasteiger partial charge in [0.2, 0.25) is 0 Å². The summed E-state index contributed by atoms with van der Waals surface area (Å²) in [6.45, 7) is 2.35. The highest BCUT2D eigenvalue weighted by Gasteiger charge is 2.15. The third kappa shape index (κ3) is 3.91. The minimum Gasteiger partial charge on any atom is -0.334 e. The highest BCUT2D eigenvalue weighted by Crippen LogP contribution is 2.09. The van der Waals surface area contributed by atoms with Crippen LogP contribution in [0.2, 0.25) is 5.02 Å². The van der Waals surface area contributed by atoms with Gasteiger partial charge in [-0.15, -0.1) is 0 Å². The molecule has 2 amide bonds. The summed E-state index contributed by atoms with van der Waals surface area (Å²) in [7, 11) is 0. The molecule has 0 spiro atoms. The minimum atomic E-state index is -0.117. The van der Waals surface area contributed by atoms with Gasteiger partial charge in [-0.25, -0.2) is 4.79 Å². The summed E-state index contributed by atoms with van der Waals surface area (Å²) >= 11 is 5.78. The largest absolute Gasteiger partial charge is 0.334 e. The van der Waals surface area contributed by atoms with E-state index in [0.29, 0.717) is 11.6 Å². The molecule has 1 unspecified atom stereocenters. The molecule has 0 bridgehead atoms. The van der Waals surface area contributed by atoms with Crippen LogP contribution in [0.3, 0.4) is 0 Å². The third-order valence-electron chi connectivity index (χ3n) is 2.76. The summed E-state index contributed by atoms with van der Waals surface area (Å²) < 4.78 is 0. The number of carbonyl (C=O) groups is 1. The van der Waals surface area contributed by atoms with Gasteiger partial charge in [0.05, 0.1) is 0 Å². The summed E-state index contributed by atoms with van der Waals surface area (Å²) in [5.74, 6) is 0. The molecule has 3 N–H and O–H groups in total. The number of hydrogen-bond donors (Lipinski definition) is 3. The maximum absolute atomic E-state index is 11.6. The van der Waals surface area contributed by atoms with Gasteiger partial charge in [0, 0.05) is 24.2 Å². The number of rotatable bonds is 3. The summed E-state index contributed by atoms with van der Waals surface area (Å²) in [6, 6.07) is 7.57. The summed E-state index contributed by atoms with van der Waals surface area (Å²) in [4.78, 5) is 11.6. The maximum Gasteiger partial charge on any atom is 0.315 e. The third-order valence-corrected chi connectivity index (χ3v) is 3.01. The predicted octanol–water partition coefficient (Wildman–Crippen LogP) is 1.50. The zero-order valence-corrected chi connectivity index (χ0v) is 10.3. The van der Waals surface area contributed by atoms with E-state index in [2.05, 4.69) is 16.0 Å². The molecule has 1 aliphatic heterocycles. The molecule has 4 nitrogen and oxygen atoms in total. The molecule has 1 saturated heterocycles. The van der Waals surface area contributed by atoms with Gasteiger partial charge in [-0.3, -0.25) is 0 Å². The van der Waals surface area contributed by atoms with Gasteiger partial charge >= 0.3 is 6.03 Å². The molecular weight excluding hydrogens is 238 g/mol. The Labute approximate surface area is 106 Å². The van der Waals surface area contributed by atoms with Gasteiger partial charge in [0.1, 0.15) is 0 Å². The molecule has 1 aliphatic rings. The van der Waals surface area contributed by atoms with Gasteiger partial charge in [0.15, 0.2) is 0 Å². The number of nitrogens with one attached hydrogen (secondary N) is 3. The van der Waals surface area contributed by atoms with Crippen LogP contribution in [0.15, 0.2) is 24.3 Å². The molecule has 2 rings (SSSR count). The molecule has 1 fully saturated rings. The molecule has 1 aromatic carbocycles. The molecule has 17 heavy (non-hydrogen) atoms. The van der Waals surface area contributed by atoms with Crippen LogP contribution in [0.5, 0.6) is 0 Å². The van der Waals surface area contributed by atoms with E-state index in [-0.39, 0.29) is 12.1 Å². The Kier molecular flexibility index (Phi) is 4.23. The zero-order chi connectivity index (χ0) is 12.1. The first-order valence-corrected chi connectivity index (χ1v) is 6.11. The topological polar surface area (TPSA) is 53.2 Å². The van der Waals surface area contributed by atoms with Crippen LogP contribution in [0.1, 0.15) is 12.0 Å². The number of benzene rings is 1. The average molecular weight is 254 g/mol. The first kappa shape index (κ1) is 12.2. The van der Waals surface area contributed by atoms with Crippen molar-refractivity contribution in [2.75, 3.05) is 13.1 Å². The highest BCUT2D eigenvalue weighted by molar-refractivity contribution is 6.30. The van der Waals surface area contributed by atoms with Gasteiger partial charge in [-0.1, -0.05) is 23.7 Å². The van der Waals surface area contributed by atoms with Crippen LogP contribution in [-0.2, 0) is 6.54 Å². The van der Waals surface area contributed by atoms with Crippen molar-refractivity contribution in [2.24, 2.45) is 0 Å². The van der Waals surface area contributed by atoms with Gasteiger partial charge < -0.3 is 16.0 Å². The summed E-state index contributed by atoms with van der Waals surface area (Å²) in [5, 5.41) is 9.65. The van der Waals surface area contributed by atoms with Crippen LogP contribution in [0, 0.1) is 0 Å². The summed E-state index contributed by atoms with van der Waals surface area (Å²) in [6.07, 6.45) is 0.994. The fraction of sp³-hybridized carbons (Fsp3) is 0.417. The second kappa shape index (κ2) is 5.89. The van der Waals surface area contributed by atoms with Crippen molar-refractivity contribution in [1.29, 1.82) is 0 Å². The van der Waals surface area contributed by atoms with E-state index in [9.17, 15) is 4.79 Å². The highest BCUT2D eigenvalue weighted by atomic mass is 35.5. The predicted molar refractivity (Wildman–Crippen MR) is 68.1 cm³/mol. The molecule has 0 aromatic heterocycles. The maximum atomic E-state index is 11.6. The Morgan fingerprint density at radius 2 is 2.18 bits per heavy atom. The van der Waals surface area contributed by atoms with E-state index in [1.54, 1.807) is 0 Å². The lowest BCUT2D eigenvalue weighted by atomic mass is 10.2. The molecule has 92 valence electrons. The molecule has 1 atom stereocenters. The first-order chi connectivity index (χ1) is 8.24. The molecular formula is C12H16ClN3O. The SMILES string of the molecule is O=C(NCc1ccc(Cl)cc1)NC1CCNC1. The van der Waals surface area contributed by atoms with Crippen LogP contribution in [0.25, 0.3) is 0 Å². The Balaban J connectivity index is 1.73. The van der Waals surface area contributed by atoms with Crippen LogP contribution in [0.4, 0.5) is 4.79 Å². The van der Waals surface area contributed by atoms with Crippen LogP contribution in [-0.4, -0.2) is 25.2 Å². The van der Waals surface area contributed by atoms with Crippen molar-refractivity contribution in [3.63, 3.8) is 0 Å². The Bertz CT molecular complexity index is 374. The van der Waals surface area contributed by atoms with E-state index in [0.717, 1.165) is 25.1 Å². The lowest BCUT2D eigenvalue weighted by Crippen LogP contribution is -2.42. The van der Waals surface area contributed by atoms with E-state index < -0.39 is 0 Å². The molecule has 1 heterocycles. The van der Waals surface area contributed by atoms with E-state index in [1.165, 1.54) is 0 Å². The van der Waals surface area contributed by atoms with Crippen molar-refractivity contribution in [3.05, 3.63) is 34.9 Å². The second-order valence-electron chi connectivity index (χ2n) is 4.14. The van der Waals surface area contributed by atoms with Gasteiger partial charge in [0.25, 0.3) is 0 Å². The summed E-state index contributed by atoms with van der Waals surface area (Å²) in [5.41, 5.74) is 1.04. The van der Waals surface area contributed by atoms with Crippen molar-refractivity contribution in [1.82, 2.24) is 16.0 Å². The monoisotopic (exact) mass is 253 g/mol. The van der Waals surface area contributed by atoms with Crippen LogP contribution >= 0.6 is 11.6 Å².